The van der Waals surface area contributed by atoms with E-state index in [1.54, 1.807) is 0 Å². The lowest BCUT2D eigenvalue weighted by atomic mass is 10.00. The van der Waals surface area contributed by atoms with E-state index in [1.165, 1.54) is 13.0 Å². The molecule has 2 rings (SSSR count). The van der Waals surface area contributed by atoms with Crippen LogP contribution in [0.1, 0.15) is 59.8 Å². The summed E-state index contributed by atoms with van der Waals surface area (Å²) in [4.78, 5) is 17.5. The lowest BCUT2D eigenvalue weighted by Crippen LogP contribution is -2.51. The minimum Gasteiger partial charge on any atom is -0.322 e. The van der Waals surface area contributed by atoms with Crippen molar-refractivity contribution in [2.75, 3.05) is 19.6 Å². The smallest absolute Gasteiger partial charge is 0.241 e. The Hall–Kier alpha value is -0.610. The van der Waals surface area contributed by atoms with E-state index in [4.69, 9.17) is 0 Å². The summed E-state index contributed by atoms with van der Waals surface area (Å²) in [6, 6.07) is 0.489. The fourth-order valence-electron chi connectivity index (χ4n) is 3.83. The van der Waals surface area contributed by atoms with Crippen LogP contribution in [0.15, 0.2) is 0 Å². The quantitative estimate of drug-likeness (QED) is 0.817. The molecular formula is C17H33N3O. The van der Waals surface area contributed by atoms with E-state index in [-0.39, 0.29) is 12.2 Å². The molecule has 0 aromatic rings. The van der Waals surface area contributed by atoms with Gasteiger partial charge in [-0.3, -0.25) is 10.1 Å². The molecule has 2 aliphatic rings. The van der Waals surface area contributed by atoms with Crippen molar-refractivity contribution in [3.63, 3.8) is 0 Å². The van der Waals surface area contributed by atoms with Gasteiger partial charge in [0, 0.05) is 19.1 Å². The zero-order valence-corrected chi connectivity index (χ0v) is 14.3. The number of amides is 1. The molecule has 1 N–H and O–H groups in total. The van der Waals surface area contributed by atoms with Crippen molar-refractivity contribution in [2.24, 2.45) is 5.92 Å². The fourth-order valence-corrected chi connectivity index (χ4v) is 3.83. The molecule has 0 aromatic heterocycles. The van der Waals surface area contributed by atoms with Crippen molar-refractivity contribution in [3.8, 4) is 0 Å². The molecular weight excluding hydrogens is 262 g/mol. The van der Waals surface area contributed by atoms with Gasteiger partial charge in [0.25, 0.3) is 0 Å². The molecule has 2 aliphatic heterocycles. The largest absolute Gasteiger partial charge is 0.322 e. The standard InChI is InChI=1S/C17H33N3O/c1-5-7-15-17(21)20(16(18-15)13(3)4)14-8-11-19(10-6-2)12-9-14/h13-16,18H,5-12H2,1-4H3. The van der Waals surface area contributed by atoms with Crippen LogP contribution in [-0.4, -0.2) is 53.6 Å². The second-order valence-electron chi connectivity index (χ2n) is 7.02. The van der Waals surface area contributed by atoms with Gasteiger partial charge in [0.2, 0.25) is 5.91 Å². The summed E-state index contributed by atoms with van der Waals surface area (Å²) >= 11 is 0. The molecule has 2 saturated heterocycles. The van der Waals surface area contributed by atoms with E-state index in [0.717, 1.165) is 38.8 Å². The Morgan fingerprint density at radius 3 is 2.38 bits per heavy atom. The zero-order valence-electron chi connectivity index (χ0n) is 14.3. The first kappa shape index (κ1) is 16.8. The minimum absolute atomic E-state index is 0.0519. The highest BCUT2D eigenvalue weighted by Crippen LogP contribution is 2.27. The number of nitrogens with one attached hydrogen (secondary N) is 1. The maximum atomic E-state index is 12.8. The van der Waals surface area contributed by atoms with Gasteiger partial charge in [-0.25, -0.2) is 0 Å². The number of carbonyl (C=O) groups excluding carboxylic acids is 1. The molecule has 2 atom stereocenters. The molecule has 0 saturated carbocycles. The molecule has 0 radical (unpaired) electrons. The lowest BCUT2D eigenvalue weighted by molar-refractivity contribution is -0.134. The molecule has 122 valence electrons. The Morgan fingerprint density at radius 2 is 1.86 bits per heavy atom. The highest BCUT2D eigenvalue weighted by molar-refractivity contribution is 5.84. The first-order chi connectivity index (χ1) is 10.1. The van der Waals surface area contributed by atoms with Crippen molar-refractivity contribution in [2.45, 2.75) is 78.0 Å². The predicted octanol–water partition coefficient (Wildman–Crippen LogP) is 2.44. The second kappa shape index (κ2) is 7.59. The average molecular weight is 295 g/mol. The van der Waals surface area contributed by atoms with Crippen molar-refractivity contribution in [3.05, 3.63) is 0 Å². The summed E-state index contributed by atoms with van der Waals surface area (Å²) in [5.74, 6) is 0.828. The number of hydrogen-bond donors (Lipinski definition) is 1. The first-order valence-corrected chi connectivity index (χ1v) is 8.89. The van der Waals surface area contributed by atoms with E-state index in [0.29, 0.717) is 17.9 Å². The van der Waals surface area contributed by atoms with Gasteiger partial charge in [-0.15, -0.1) is 0 Å². The third-order valence-electron chi connectivity index (χ3n) is 4.92. The Labute approximate surface area is 130 Å². The van der Waals surface area contributed by atoms with E-state index in [9.17, 15) is 4.79 Å². The van der Waals surface area contributed by atoms with Crippen molar-refractivity contribution < 1.29 is 4.79 Å². The van der Waals surface area contributed by atoms with Gasteiger partial charge in [0.1, 0.15) is 0 Å². The van der Waals surface area contributed by atoms with Crippen LogP contribution in [0.4, 0.5) is 0 Å². The van der Waals surface area contributed by atoms with Crippen LogP contribution in [0.5, 0.6) is 0 Å². The number of hydrogen-bond acceptors (Lipinski definition) is 3. The van der Waals surface area contributed by atoms with Crippen LogP contribution in [0.25, 0.3) is 0 Å². The summed E-state index contributed by atoms with van der Waals surface area (Å²) < 4.78 is 0. The molecule has 1 amide bonds. The van der Waals surface area contributed by atoms with Crippen molar-refractivity contribution >= 4 is 5.91 Å². The molecule has 0 aromatic carbocycles. The molecule has 4 heteroatoms. The summed E-state index contributed by atoms with van der Waals surface area (Å²) in [6.07, 6.45) is 5.76. The third-order valence-corrected chi connectivity index (χ3v) is 4.92. The molecule has 0 spiro atoms. The topological polar surface area (TPSA) is 35.6 Å². The first-order valence-electron chi connectivity index (χ1n) is 8.89. The molecule has 2 fully saturated rings. The van der Waals surface area contributed by atoms with Crippen LogP contribution < -0.4 is 5.32 Å². The summed E-state index contributed by atoms with van der Waals surface area (Å²) in [5, 5.41) is 3.59. The van der Waals surface area contributed by atoms with Crippen LogP contribution in [-0.2, 0) is 4.79 Å². The van der Waals surface area contributed by atoms with Crippen molar-refractivity contribution in [1.29, 1.82) is 0 Å². The average Bonchev–Trinajstić information content (AvgIpc) is 2.78. The predicted molar refractivity (Wildman–Crippen MR) is 87.1 cm³/mol. The summed E-state index contributed by atoms with van der Waals surface area (Å²) in [7, 11) is 0. The Balaban J connectivity index is 2.01. The van der Waals surface area contributed by atoms with E-state index < -0.39 is 0 Å². The molecule has 21 heavy (non-hydrogen) atoms. The van der Waals surface area contributed by atoms with Crippen LogP contribution >= 0.6 is 0 Å². The van der Waals surface area contributed by atoms with Gasteiger partial charge >= 0.3 is 0 Å². The third kappa shape index (κ3) is 3.78. The second-order valence-corrected chi connectivity index (χ2v) is 7.02. The van der Waals surface area contributed by atoms with E-state index in [2.05, 4.69) is 42.8 Å². The van der Waals surface area contributed by atoms with Gasteiger partial charge in [0.05, 0.1) is 12.2 Å². The summed E-state index contributed by atoms with van der Waals surface area (Å²) in [5.41, 5.74) is 0. The molecule has 0 bridgehead atoms. The van der Waals surface area contributed by atoms with Gasteiger partial charge in [-0.1, -0.05) is 34.1 Å². The Bertz CT molecular complexity index is 337. The number of piperidine rings is 1. The highest BCUT2D eigenvalue weighted by Gasteiger charge is 2.43. The SMILES string of the molecule is CCCC1NC(C(C)C)N(C2CCN(CCC)CC2)C1=O. The van der Waals surface area contributed by atoms with E-state index >= 15 is 0 Å². The number of rotatable bonds is 6. The number of nitrogens with zero attached hydrogens (tertiary/aromatic N) is 2. The zero-order chi connectivity index (χ0) is 15.4. The monoisotopic (exact) mass is 295 g/mol. The van der Waals surface area contributed by atoms with Crippen LogP contribution in [0, 0.1) is 5.92 Å². The normalized spacial score (nSPS) is 28.8. The molecule has 0 aliphatic carbocycles. The van der Waals surface area contributed by atoms with Gasteiger partial charge in [-0.05, 0) is 38.1 Å². The lowest BCUT2D eigenvalue weighted by Gasteiger charge is -2.40. The van der Waals surface area contributed by atoms with Crippen LogP contribution in [0.2, 0.25) is 0 Å². The van der Waals surface area contributed by atoms with Gasteiger partial charge in [-0.2, -0.15) is 0 Å². The maximum absolute atomic E-state index is 12.8. The molecule has 2 heterocycles. The molecule has 2 unspecified atom stereocenters. The van der Waals surface area contributed by atoms with E-state index in [1.807, 2.05) is 0 Å². The number of carbonyl (C=O) groups is 1. The van der Waals surface area contributed by atoms with Crippen LogP contribution in [0.3, 0.4) is 0 Å². The minimum atomic E-state index is 0.0519. The van der Waals surface area contributed by atoms with Gasteiger partial charge < -0.3 is 9.80 Å². The fraction of sp³-hybridized carbons (Fsp3) is 0.941. The van der Waals surface area contributed by atoms with Crippen molar-refractivity contribution in [1.82, 2.24) is 15.1 Å². The Morgan fingerprint density at radius 1 is 1.19 bits per heavy atom. The molecule has 4 nitrogen and oxygen atoms in total. The summed E-state index contributed by atoms with van der Waals surface area (Å²) in [6.45, 7) is 12.3. The number of likely N-dealkylation sites (tertiary alicyclic amines) is 1. The highest BCUT2D eigenvalue weighted by atomic mass is 16.2. The Kier molecular flexibility index (Phi) is 6.06. The maximum Gasteiger partial charge on any atom is 0.241 e. The van der Waals surface area contributed by atoms with Gasteiger partial charge in [0.15, 0.2) is 0 Å².